The minimum Gasteiger partial charge on any atom is -0.318 e. The highest BCUT2D eigenvalue weighted by molar-refractivity contribution is 5.86. The van der Waals surface area contributed by atoms with Crippen LogP contribution in [0, 0.1) is 5.82 Å². The number of benzene rings is 2. The maximum Gasteiger partial charge on any atom is 0.123 e. The molecule has 3 heteroatoms. The van der Waals surface area contributed by atoms with E-state index in [2.05, 4.69) is 4.98 Å². The molecule has 0 aliphatic rings. The van der Waals surface area contributed by atoms with Crippen molar-refractivity contribution in [2.75, 3.05) is 0 Å². The van der Waals surface area contributed by atoms with Crippen LogP contribution in [0.5, 0.6) is 0 Å². The second-order valence-electron chi connectivity index (χ2n) is 5.11. The van der Waals surface area contributed by atoms with Crippen molar-refractivity contribution in [3.05, 3.63) is 77.9 Å². The van der Waals surface area contributed by atoms with Gasteiger partial charge in [-0.25, -0.2) is 4.39 Å². The number of aromatic nitrogens is 1. The summed E-state index contributed by atoms with van der Waals surface area (Å²) in [5.41, 5.74) is 7.68. The van der Waals surface area contributed by atoms with E-state index in [-0.39, 0.29) is 5.82 Å². The molecule has 0 fully saturated rings. The first-order valence-corrected chi connectivity index (χ1v) is 6.47. The minimum atomic E-state index is -0.698. The standard InChI is InChI=1S/C17H15FN2/c1-17(19,13-5-7-14(18)8-6-13)16-4-2-3-12-9-10-20-11-15(12)16/h2-11H,19H2,1H3. The summed E-state index contributed by atoms with van der Waals surface area (Å²) in [6, 6.07) is 14.3. The molecule has 0 aliphatic carbocycles. The van der Waals surface area contributed by atoms with Gasteiger partial charge in [-0.15, -0.1) is 0 Å². The number of halogens is 1. The van der Waals surface area contributed by atoms with Gasteiger partial charge >= 0.3 is 0 Å². The summed E-state index contributed by atoms with van der Waals surface area (Å²) in [7, 11) is 0. The molecule has 0 amide bonds. The molecule has 100 valence electrons. The van der Waals surface area contributed by atoms with Crippen molar-refractivity contribution in [1.82, 2.24) is 4.98 Å². The first-order chi connectivity index (χ1) is 9.59. The summed E-state index contributed by atoms with van der Waals surface area (Å²) in [5, 5.41) is 2.11. The van der Waals surface area contributed by atoms with Gasteiger partial charge in [-0.2, -0.15) is 0 Å². The van der Waals surface area contributed by atoms with Crippen LogP contribution in [0.3, 0.4) is 0 Å². The molecule has 0 saturated heterocycles. The highest BCUT2D eigenvalue weighted by atomic mass is 19.1. The molecule has 1 aromatic heterocycles. The van der Waals surface area contributed by atoms with Crippen LogP contribution < -0.4 is 5.73 Å². The fourth-order valence-corrected chi connectivity index (χ4v) is 2.52. The number of nitrogens with zero attached hydrogens (tertiary/aromatic N) is 1. The van der Waals surface area contributed by atoms with Gasteiger partial charge in [0.2, 0.25) is 0 Å². The average molecular weight is 266 g/mol. The van der Waals surface area contributed by atoms with E-state index >= 15 is 0 Å². The molecule has 0 radical (unpaired) electrons. The van der Waals surface area contributed by atoms with E-state index < -0.39 is 5.54 Å². The molecular formula is C17H15FN2. The van der Waals surface area contributed by atoms with Gasteiger partial charge < -0.3 is 5.73 Å². The van der Waals surface area contributed by atoms with Crippen LogP contribution in [0.2, 0.25) is 0 Å². The normalized spacial score (nSPS) is 14.2. The smallest absolute Gasteiger partial charge is 0.123 e. The van der Waals surface area contributed by atoms with Crippen molar-refractivity contribution in [3.63, 3.8) is 0 Å². The Labute approximate surface area is 117 Å². The Bertz CT molecular complexity index is 743. The van der Waals surface area contributed by atoms with Crippen LogP contribution in [-0.4, -0.2) is 4.98 Å². The highest BCUT2D eigenvalue weighted by Gasteiger charge is 2.25. The predicted molar refractivity (Wildman–Crippen MR) is 78.8 cm³/mol. The van der Waals surface area contributed by atoms with E-state index in [1.807, 2.05) is 37.4 Å². The number of rotatable bonds is 2. The average Bonchev–Trinajstić information content (AvgIpc) is 2.47. The zero-order chi connectivity index (χ0) is 14.2. The maximum absolute atomic E-state index is 13.1. The van der Waals surface area contributed by atoms with Crippen molar-refractivity contribution in [2.24, 2.45) is 5.73 Å². The lowest BCUT2D eigenvalue weighted by molar-refractivity contribution is 0.597. The molecule has 2 N–H and O–H groups in total. The number of pyridine rings is 1. The Kier molecular flexibility index (Phi) is 2.99. The molecule has 0 bridgehead atoms. The second-order valence-corrected chi connectivity index (χ2v) is 5.11. The predicted octanol–water partition coefficient (Wildman–Crippen LogP) is 3.60. The fourth-order valence-electron chi connectivity index (χ4n) is 2.52. The Hall–Kier alpha value is -2.26. The van der Waals surface area contributed by atoms with Crippen LogP contribution in [0.4, 0.5) is 4.39 Å². The summed E-state index contributed by atoms with van der Waals surface area (Å²) in [4.78, 5) is 4.18. The topological polar surface area (TPSA) is 38.9 Å². The Morgan fingerprint density at radius 3 is 2.55 bits per heavy atom. The number of hydrogen-bond donors (Lipinski definition) is 1. The summed E-state index contributed by atoms with van der Waals surface area (Å²) < 4.78 is 13.1. The van der Waals surface area contributed by atoms with Crippen LogP contribution in [0.1, 0.15) is 18.1 Å². The molecule has 2 aromatic carbocycles. The van der Waals surface area contributed by atoms with Gasteiger partial charge in [0.25, 0.3) is 0 Å². The molecule has 0 spiro atoms. The third kappa shape index (κ3) is 2.06. The van der Waals surface area contributed by atoms with Crippen molar-refractivity contribution in [1.29, 1.82) is 0 Å². The van der Waals surface area contributed by atoms with Gasteiger partial charge in [-0.3, -0.25) is 4.98 Å². The molecule has 2 nitrogen and oxygen atoms in total. The lowest BCUT2D eigenvalue weighted by Crippen LogP contribution is -2.34. The molecule has 3 rings (SSSR count). The Morgan fingerprint density at radius 1 is 1.05 bits per heavy atom. The van der Waals surface area contributed by atoms with Crippen LogP contribution in [0.15, 0.2) is 60.9 Å². The summed E-state index contributed by atoms with van der Waals surface area (Å²) in [6.07, 6.45) is 3.58. The summed E-state index contributed by atoms with van der Waals surface area (Å²) >= 11 is 0. The molecule has 1 heterocycles. The fraction of sp³-hybridized carbons (Fsp3) is 0.118. The van der Waals surface area contributed by atoms with E-state index in [0.29, 0.717) is 0 Å². The van der Waals surface area contributed by atoms with E-state index in [1.165, 1.54) is 12.1 Å². The monoisotopic (exact) mass is 266 g/mol. The van der Waals surface area contributed by atoms with Crippen LogP contribution in [-0.2, 0) is 5.54 Å². The van der Waals surface area contributed by atoms with Gasteiger partial charge in [0, 0.05) is 17.8 Å². The molecule has 20 heavy (non-hydrogen) atoms. The molecule has 3 aromatic rings. The first kappa shape index (κ1) is 12.8. The van der Waals surface area contributed by atoms with E-state index in [4.69, 9.17) is 5.73 Å². The Balaban J connectivity index is 2.20. The van der Waals surface area contributed by atoms with E-state index in [0.717, 1.165) is 21.9 Å². The van der Waals surface area contributed by atoms with Crippen molar-refractivity contribution >= 4 is 10.8 Å². The minimum absolute atomic E-state index is 0.260. The number of hydrogen-bond acceptors (Lipinski definition) is 2. The van der Waals surface area contributed by atoms with Gasteiger partial charge in [0.15, 0.2) is 0 Å². The Morgan fingerprint density at radius 2 is 1.80 bits per heavy atom. The van der Waals surface area contributed by atoms with E-state index in [1.54, 1.807) is 18.3 Å². The maximum atomic E-state index is 13.1. The zero-order valence-electron chi connectivity index (χ0n) is 11.2. The molecule has 0 aliphatic heterocycles. The highest BCUT2D eigenvalue weighted by Crippen LogP contribution is 2.31. The summed E-state index contributed by atoms with van der Waals surface area (Å²) in [6.45, 7) is 1.93. The lowest BCUT2D eigenvalue weighted by atomic mass is 9.83. The van der Waals surface area contributed by atoms with Gasteiger partial charge in [-0.1, -0.05) is 30.3 Å². The molecule has 0 saturated carbocycles. The van der Waals surface area contributed by atoms with E-state index in [9.17, 15) is 4.39 Å². The third-order valence-corrected chi connectivity index (χ3v) is 3.69. The first-order valence-electron chi connectivity index (χ1n) is 6.47. The SMILES string of the molecule is CC(N)(c1ccc(F)cc1)c1cccc2ccncc12. The largest absolute Gasteiger partial charge is 0.318 e. The molecular weight excluding hydrogens is 251 g/mol. The van der Waals surface area contributed by atoms with Gasteiger partial charge in [-0.05, 0) is 41.6 Å². The zero-order valence-corrected chi connectivity index (χ0v) is 11.2. The van der Waals surface area contributed by atoms with Gasteiger partial charge in [0.05, 0.1) is 5.54 Å². The quantitative estimate of drug-likeness (QED) is 0.769. The van der Waals surface area contributed by atoms with Crippen molar-refractivity contribution < 1.29 is 4.39 Å². The number of fused-ring (bicyclic) bond motifs is 1. The number of nitrogens with two attached hydrogens (primary N) is 1. The van der Waals surface area contributed by atoms with Gasteiger partial charge in [0.1, 0.15) is 5.82 Å². The molecule has 1 unspecified atom stereocenters. The third-order valence-electron chi connectivity index (χ3n) is 3.69. The van der Waals surface area contributed by atoms with Crippen molar-refractivity contribution in [2.45, 2.75) is 12.5 Å². The lowest BCUT2D eigenvalue weighted by Gasteiger charge is -2.27. The van der Waals surface area contributed by atoms with Crippen LogP contribution in [0.25, 0.3) is 10.8 Å². The molecule has 1 atom stereocenters. The summed E-state index contributed by atoms with van der Waals surface area (Å²) in [5.74, 6) is -0.260. The second kappa shape index (κ2) is 4.69. The van der Waals surface area contributed by atoms with Crippen molar-refractivity contribution in [3.8, 4) is 0 Å². The van der Waals surface area contributed by atoms with Crippen LogP contribution >= 0.6 is 0 Å².